The second-order valence-electron chi connectivity index (χ2n) is 4.93. The number of benzene rings is 1. The third-order valence-corrected chi connectivity index (χ3v) is 4.71. The summed E-state index contributed by atoms with van der Waals surface area (Å²) < 4.78 is 16.3. The van der Waals surface area contributed by atoms with E-state index < -0.39 is 0 Å². The van der Waals surface area contributed by atoms with Gasteiger partial charge in [0.1, 0.15) is 11.6 Å². The number of rotatable bonds is 4. The van der Waals surface area contributed by atoms with Gasteiger partial charge in [-0.1, -0.05) is 0 Å². The molecule has 2 aromatic heterocycles. The van der Waals surface area contributed by atoms with E-state index in [9.17, 15) is 4.39 Å². The van der Waals surface area contributed by atoms with Crippen molar-refractivity contribution in [2.75, 3.05) is 0 Å². The van der Waals surface area contributed by atoms with Crippen molar-refractivity contribution in [1.82, 2.24) is 9.55 Å². The fourth-order valence-corrected chi connectivity index (χ4v) is 3.36. The Bertz CT molecular complexity index is 732. The summed E-state index contributed by atoms with van der Waals surface area (Å²) in [7, 11) is 1.98. The summed E-state index contributed by atoms with van der Waals surface area (Å²) in [6.45, 7) is 0. The summed E-state index contributed by atoms with van der Waals surface area (Å²) in [4.78, 5) is 5.39. The minimum atomic E-state index is -0.205. The van der Waals surface area contributed by atoms with Crippen LogP contribution in [0.15, 0.2) is 36.7 Å². The van der Waals surface area contributed by atoms with Gasteiger partial charge < -0.3 is 10.3 Å². The quantitative estimate of drug-likeness (QED) is 0.800. The average molecular weight is 289 g/mol. The van der Waals surface area contributed by atoms with E-state index in [1.54, 1.807) is 23.6 Å². The Morgan fingerprint density at radius 3 is 3.00 bits per heavy atom. The number of nitrogens with zero attached hydrogens (tertiary/aromatic N) is 2. The first kappa shape index (κ1) is 13.3. The largest absolute Gasteiger partial charge is 0.338 e. The Hall–Kier alpha value is -1.72. The number of fused-ring (bicyclic) bond motifs is 1. The topological polar surface area (TPSA) is 43.8 Å². The number of hydrogen-bond donors (Lipinski definition) is 1. The molecule has 0 radical (unpaired) electrons. The molecule has 104 valence electrons. The lowest BCUT2D eigenvalue weighted by molar-refractivity contribution is 0.628. The number of hydrogen-bond acceptors (Lipinski definition) is 3. The number of aryl methyl sites for hydroxylation is 2. The van der Waals surface area contributed by atoms with Crippen LogP contribution in [0.1, 0.15) is 23.2 Å². The van der Waals surface area contributed by atoms with Crippen molar-refractivity contribution in [2.24, 2.45) is 12.8 Å². The molecule has 0 saturated carbocycles. The highest BCUT2D eigenvalue weighted by atomic mass is 32.1. The van der Waals surface area contributed by atoms with Crippen molar-refractivity contribution in [3.8, 4) is 0 Å². The van der Waals surface area contributed by atoms with E-state index in [-0.39, 0.29) is 11.9 Å². The predicted molar refractivity (Wildman–Crippen MR) is 80.2 cm³/mol. The smallest absolute Gasteiger partial charge is 0.123 e. The molecule has 1 unspecified atom stereocenters. The summed E-state index contributed by atoms with van der Waals surface area (Å²) in [5, 5.41) is 0.928. The van der Waals surface area contributed by atoms with Crippen molar-refractivity contribution in [3.63, 3.8) is 0 Å². The van der Waals surface area contributed by atoms with Gasteiger partial charge in [0.15, 0.2) is 0 Å². The van der Waals surface area contributed by atoms with Gasteiger partial charge in [0, 0.05) is 41.5 Å². The Balaban J connectivity index is 1.75. The zero-order valence-corrected chi connectivity index (χ0v) is 12.0. The average Bonchev–Trinajstić information content (AvgIpc) is 3.01. The van der Waals surface area contributed by atoms with Crippen LogP contribution in [-0.2, 0) is 13.5 Å². The molecule has 3 aromatic rings. The maximum absolute atomic E-state index is 13.2. The molecular weight excluding hydrogens is 273 g/mol. The maximum Gasteiger partial charge on any atom is 0.123 e. The molecule has 3 rings (SSSR count). The van der Waals surface area contributed by atoms with Crippen molar-refractivity contribution >= 4 is 21.4 Å². The molecular formula is C15H16FN3S. The van der Waals surface area contributed by atoms with Crippen LogP contribution >= 0.6 is 11.3 Å². The Labute approximate surface area is 120 Å². The number of halogens is 1. The fraction of sp³-hybridized carbons (Fsp3) is 0.267. The molecule has 0 amide bonds. The lowest BCUT2D eigenvalue weighted by atomic mass is 10.1. The van der Waals surface area contributed by atoms with Gasteiger partial charge >= 0.3 is 0 Å². The Kier molecular flexibility index (Phi) is 3.54. The zero-order valence-electron chi connectivity index (χ0n) is 11.2. The molecule has 20 heavy (non-hydrogen) atoms. The predicted octanol–water partition coefficient (Wildman–Crippen LogP) is 3.41. The second-order valence-corrected chi connectivity index (χ2v) is 6.05. The maximum atomic E-state index is 13.2. The molecule has 0 aliphatic heterocycles. The summed E-state index contributed by atoms with van der Waals surface area (Å²) in [5.74, 6) is 0.830. The van der Waals surface area contributed by atoms with Crippen LogP contribution in [0.2, 0.25) is 0 Å². The first-order valence-electron chi connectivity index (χ1n) is 6.54. The molecule has 0 aliphatic carbocycles. The highest BCUT2D eigenvalue weighted by molar-refractivity contribution is 7.19. The molecule has 0 fully saturated rings. The van der Waals surface area contributed by atoms with Crippen molar-refractivity contribution in [1.29, 1.82) is 0 Å². The monoisotopic (exact) mass is 289 g/mol. The van der Waals surface area contributed by atoms with Crippen molar-refractivity contribution < 1.29 is 4.39 Å². The summed E-state index contributed by atoms with van der Waals surface area (Å²) >= 11 is 1.64. The van der Waals surface area contributed by atoms with Gasteiger partial charge in [-0.05, 0) is 36.1 Å². The lowest BCUT2D eigenvalue weighted by Crippen LogP contribution is -2.11. The number of aromatic nitrogens is 2. The van der Waals surface area contributed by atoms with Crippen LogP contribution in [-0.4, -0.2) is 9.55 Å². The number of imidazole rings is 1. The van der Waals surface area contributed by atoms with Crippen LogP contribution in [0.3, 0.4) is 0 Å². The van der Waals surface area contributed by atoms with Gasteiger partial charge in [0.05, 0.1) is 0 Å². The summed E-state index contributed by atoms with van der Waals surface area (Å²) in [5.41, 5.74) is 6.24. The second kappa shape index (κ2) is 5.34. The van der Waals surface area contributed by atoms with Crippen molar-refractivity contribution in [2.45, 2.75) is 18.9 Å². The molecule has 0 bridgehead atoms. The minimum absolute atomic E-state index is 0.0350. The van der Waals surface area contributed by atoms with E-state index in [1.807, 2.05) is 29.9 Å². The van der Waals surface area contributed by atoms with Crippen molar-refractivity contribution in [3.05, 3.63) is 53.2 Å². The molecule has 1 aromatic carbocycles. The van der Waals surface area contributed by atoms with Crippen LogP contribution in [0.5, 0.6) is 0 Å². The normalized spacial score (nSPS) is 12.9. The Morgan fingerprint density at radius 1 is 1.40 bits per heavy atom. The number of thiophene rings is 1. The van der Waals surface area contributed by atoms with Gasteiger partial charge in [0.25, 0.3) is 0 Å². The minimum Gasteiger partial charge on any atom is -0.338 e. The van der Waals surface area contributed by atoms with E-state index in [1.165, 1.54) is 6.07 Å². The van der Waals surface area contributed by atoms with Gasteiger partial charge in [-0.15, -0.1) is 11.3 Å². The fourth-order valence-electron chi connectivity index (χ4n) is 2.28. The molecule has 3 nitrogen and oxygen atoms in total. The summed E-state index contributed by atoms with van der Waals surface area (Å²) in [6.07, 6.45) is 5.40. The molecule has 2 N–H and O–H groups in total. The molecule has 0 saturated heterocycles. The molecule has 1 atom stereocenters. The van der Waals surface area contributed by atoms with Gasteiger partial charge in [-0.25, -0.2) is 9.37 Å². The highest BCUT2D eigenvalue weighted by Crippen LogP contribution is 2.31. The van der Waals surface area contributed by atoms with Gasteiger partial charge in [-0.2, -0.15) is 0 Å². The van der Waals surface area contributed by atoms with Crippen LogP contribution in [0.4, 0.5) is 4.39 Å². The van der Waals surface area contributed by atoms with Crippen LogP contribution < -0.4 is 5.73 Å². The molecule has 0 aliphatic rings. The standard InChI is InChI=1S/C15H16FN3S/c1-19-7-6-18-15(19)5-3-12(17)14-9-10-8-11(16)2-4-13(10)20-14/h2,4,6-9,12H,3,5,17H2,1H3. The van der Waals surface area contributed by atoms with E-state index in [0.29, 0.717) is 0 Å². The third-order valence-electron chi connectivity index (χ3n) is 3.46. The lowest BCUT2D eigenvalue weighted by Gasteiger charge is -2.08. The first-order chi connectivity index (χ1) is 9.63. The van der Waals surface area contributed by atoms with E-state index in [4.69, 9.17) is 5.73 Å². The highest BCUT2D eigenvalue weighted by Gasteiger charge is 2.12. The van der Waals surface area contributed by atoms with Crippen LogP contribution in [0, 0.1) is 5.82 Å². The van der Waals surface area contributed by atoms with E-state index >= 15 is 0 Å². The van der Waals surface area contributed by atoms with E-state index in [0.717, 1.165) is 33.6 Å². The van der Waals surface area contributed by atoms with Crippen LogP contribution in [0.25, 0.3) is 10.1 Å². The molecule has 2 heterocycles. The zero-order chi connectivity index (χ0) is 14.1. The molecule has 0 spiro atoms. The molecule has 5 heteroatoms. The third kappa shape index (κ3) is 2.59. The summed E-state index contributed by atoms with van der Waals surface area (Å²) in [6, 6.07) is 6.81. The van der Waals surface area contributed by atoms with E-state index in [2.05, 4.69) is 4.98 Å². The number of nitrogens with two attached hydrogens (primary N) is 1. The first-order valence-corrected chi connectivity index (χ1v) is 7.36. The SMILES string of the molecule is Cn1ccnc1CCC(N)c1cc2cc(F)ccc2s1. The van der Waals surface area contributed by atoms with Gasteiger partial charge in [-0.3, -0.25) is 0 Å². The Morgan fingerprint density at radius 2 is 2.25 bits per heavy atom. The van der Waals surface area contributed by atoms with Gasteiger partial charge in [0.2, 0.25) is 0 Å².